The van der Waals surface area contributed by atoms with Gasteiger partial charge in [-0.3, -0.25) is 0 Å². The Bertz CT molecular complexity index is 487. The van der Waals surface area contributed by atoms with Gasteiger partial charge in [-0.1, -0.05) is 0 Å². The molecule has 4 heteroatoms. The van der Waals surface area contributed by atoms with Crippen molar-refractivity contribution in [1.29, 1.82) is 0 Å². The molecule has 0 saturated heterocycles. The molecule has 0 atom stereocenters. The fourth-order valence-corrected chi connectivity index (χ4v) is 1.72. The van der Waals surface area contributed by atoms with Gasteiger partial charge in [0.05, 0.1) is 14.2 Å². The Morgan fingerprint density at radius 2 is 1.74 bits per heavy atom. The Morgan fingerprint density at radius 3 is 2.21 bits per heavy atom. The van der Waals surface area contributed by atoms with E-state index >= 15 is 0 Å². The highest BCUT2D eigenvalue weighted by Crippen LogP contribution is 2.30. The first kappa shape index (κ1) is 15.1. The average Bonchev–Trinajstić information content (AvgIpc) is 2.37. The number of allylic oxidation sites excluding steroid dienone is 1. The summed E-state index contributed by atoms with van der Waals surface area (Å²) in [6, 6.07) is 5.92. The first-order valence-corrected chi connectivity index (χ1v) is 6.11. The van der Waals surface area contributed by atoms with E-state index in [2.05, 4.69) is 11.0 Å². The van der Waals surface area contributed by atoms with Crippen LogP contribution >= 0.6 is 0 Å². The summed E-state index contributed by atoms with van der Waals surface area (Å²) in [7, 11) is 11.3. The van der Waals surface area contributed by atoms with Gasteiger partial charge in [-0.15, -0.1) is 0 Å². The SMILES string of the molecule is COc1ccc(/C(=C/C=[N+](C)C)N(C)C)cc1OC. The first-order chi connectivity index (χ1) is 8.99. The number of nitrogens with zero attached hydrogens (tertiary/aromatic N) is 2. The van der Waals surface area contributed by atoms with Gasteiger partial charge in [0, 0.05) is 31.4 Å². The molecule has 0 aliphatic carbocycles. The van der Waals surface area contributed by atoms with Crippen molar-refractivity contribution < 1.29 is 14.0 Å². The van der Waals surface area contributed by atoms with Crippen LogP contribution < -0.4 is 9.47 Å². The summed E-state index contributed by atoms with van der Waals surface area (Å²) in [5.74, 6) is 1.47. The fraction of sp³-hybridized carbons (Fsp3) is 0.400. The van der Waals surface area contributed by atoms with Gasteiger partial charge in [0.1, 0.15) is 14.1 Å². The van der Waals surface area contributed by atoms with Crippen LogP contribution in [-0.4, -0.2) is 58.1 Å². The van der Waals surface area contributed by atoms with E-state index in [-0.39, 0.29) is 0 Å². The van der Waals surface area contributed by atoms with Crippen LogP contribution in [0.5, 0.6) is 11.5 Å². The Hall–Kier alpha value is -1.97. The Balaban J connectivity index is 3.24. The molecule has 1 rings (SSSR count). The molecule has 0 heterocycles. The summed E-state index contributed by atoms with van der Waals surface area (Å²) in [5, 5.41) is 0. The monoisotopic (exact) mass is 263 g/mol. The van der Waals surface area contributed by atoms with Gasteiger partial charge in [-0.2, -0.15) is 0 Å². The van der Waals surface area contributed by atoms with Crippen molar-refractivity contribution in [1.82, 2.24) is 4.90 Å². The molecule has 0 fully saturated rings. The summed E-state index contributed by atoms with van der Waals surface area (Å²) in [4.78, 5) is 2.07. The van der Waals surface area contributed by atoms with E-state index in [0.717, 1.165) is 22.8 Å². The minimum atomic E-state index is 0.734. The van der Waals surface area contributed by atoms with E-state index in [1.807, 2.05) is 57.2 Å². The van der Waals surface area contributed by atoms with E-state index in [4.69, 9.17) is 9.47 Å². The number of rotatable bonds is 5. The molecule has 0 bridgehead atoms. The third-order valence-corrected chi connectivity index (χ3v) is 2.69. The topological polar surface area (TPSA) is 24.7 Å². The highest BCUT2D eigenvalue weighted by atomic mass is 16.5. The molecule has 4 nitrogen and oxygen atoms in total. The van der Waals surface area contributed by atoms with Crippen molar-refractivity contribution in [2.75, 3.05) is 42.4 Å². The quantitative estimate of drug-likeness (QED) is 0.599. The molecule has 0 unspecified atom stereocenters. The smallest absolute Gasteiger partial charge is 0.164 e. The van der Waals surface area contributed by atoms with Gasteiger partial charge < -0.3 is 14.4 Å². The number of ether oxygens (including phenoxy) is 2. The lowest BCUT2D eigenvalue weighted by molar-refractivity contribution is -0.458. The molecule has 0 radical (unpaired) electrons. The highest BCUT2D eigenvalue weighted by Gasteiger charge is 2.09. The molecular weight excluding hydrogens is 240 g/mol. The maximum atomic E-state index is 5.34. The standard InChI is InChI=1S/C15H23N2O2/c1-16(2)10-9-13(17(3)4)12-7-8-14(18-5)15(11-12)19-6/h7-11H,1-6H3/q+1. The molecule has 0 saturated carbocycles. The molecule has 0 aromatic heterocycles. The summed E-state index contributed by atoms with van der Waals surface area (Å²) in [6.45, 7) is 0. The van der Waals surface area contributed by atoms with Crippen molar-refractivity contribution >= 4 is 11.9 Å². The van der Waals surface area contributed by atoms with Crippen LogP contribution in [-0.2, 0) is 0 Å². The van der Waals surface area contributed by atoms with Crippen molar-refractivity contribution in [3.63, 3.8) is 0 Å². The zero-order valence-electron chi connectivity index (χ0n) is 12.6. The van der Waals surface area contributed by atoms with Gasteiger partial charge in [0.15, 0.2) is 17.7 Å². The predicted octanol–water partition coefficient (Wildman–Crippen LogP) is 1.95. The number of hydrogen-bond acceptors (Lipinski definition) is 3. The van der Waals surface area contributed by atoms with Gasteiger partial charge in [-0.05, 0) is 18.2 Å². The second-order valence-corrected chi connectivity index (χ2v) is 4.63. The Morgan fingerprint density at radius 1 is 1.11 bits per heavy atom. The molecular formula is C15H23N2O2+. The van der Waals surface area contributed by atoms with Crippen LogP contribution in [0.3, 0.4) is 0 Å². The van der Waals surface area contributed by atoms with Crippen molar-refractivity contribution in [3.05, 3.63) is 29.8 Å². The van der Waals surface area contributed by atoms with Crippen molar-refractivity contribution in [2.45, 2.75) is 0 Å². The fourth-order valence-electron chi connectivity index (χ4n) is 1.72. The van der Waals surface area contributed by atoms with Crippen LogP contribution in [0.15, 0.2) is 24.3 Å². The van der Waals surface area contributed by atoms with Crippen LogP contribution in [0.4, 0.5) is 0 Å². The number of benzene rings is 1. The average molecular weight is 263 g/mol. The third-order valence-electron chi connectivity index (χ3n) is 2.69. The van der Waals surface area contributed by atoms with Crippen LogP contribution in [0.2, 0.25) is 0 Å². The zero-order chi connectivity index (χ0) is 14.4. The second kappa shape index (κ2) is 6.83. The normalized spacial score (nSPS) is 10.9. The molecule has 1 aromatic rings. The molecule has 0 N–H and O–H groups in total. The predicted molar refractivity (Wildman–Crippen MR) is 79.4 cm³/mol. The highest BCUT2D eigenvalue weighted by molar-refractivity contribution is 5.81. The summed E-state index contributed by atoms with van der Waals surface area (Å²) < 4.78 is 12.6. The van der Waals surface area contributed by atoms with Crippen LogP contribution in [0.25, 0.3) is 5.70 Å². The number of hydrogen-bond donors (Lipinski definition) is 0. The van der Waals surface area contributed by atoms with Crippen molar-refractivity contribution in [2.24, 2.45) is 0 Å². The minimum absolute atomic E-state index is 0.734. The van der Waals surface area contributed by atoms with Gasteiger partial charge in [0.25, 0.3) is 0 Å². The number of methoxy groups -OCH3 is 2. The van der Waals surface area contributed by atoms with Crippen LogP contribution in [0.1, 0.15) is 5.56 Å². The lowest BCUT2D eigenvalue weighted by Gasteiger charge is -2.18. The Kier molecular flexibility index (Phi) is 5.42. The lowest BCUT2D eigenvalue weighted by atomic mass is 10.1. The zero-order valence-corrected chi connectivity index (χ0v) is 12.6. The van der Waals surface area contributed by atoms with Gasteiger partial charge in [0.2, 0.25) is 0 Å². The third kappa shape index (κ3) is 4.02. The summed E-state index contributed by atoms with van der Waals surface area (Å²) in [5.41, 5.74) is 2.19. The van der Waals surface area contributed by atoms with E-state index in [9.17, 15) is 0 Å². The van der Waals surface area contributed by atoms with E-state index < -0.39 is 0 Å². The molecule has 104 valence electrons. The van der Waals surface area contributed by atoms with E-state index in [1.165, 1.54) is 0 Å². The Labute approximate surface area is 115 Å². The maximum Gasteiger partial charge on any atom is 0.164 e. The summed E-state index contributed by atoms with van der Waals surface area (Å²) >= 11 is 0. The summed E-state index contributed by atoms with van der Waals surface area (Å²) in [6.07, 6.45) is 4.09. The molecule has 0 aliphatic heterocycles. The molecule has 0 amide bonds. The van der Waals surface area contributed by atoms with E-state index in [0.29, 0.717) is 0 Å². The van der Waals surface area contributed by atoms with Crippen molar-refractivity contribution in [3.8, 4) is 11.5 Å². The molecule has 0 spiro atoms. The lowest BCUT2D eigenvalue weighted by Crippen LogP contribution is -2.11. The van der Waals surface area contributed by atoms with E-state index in [1.54, 1.807) is 14.2 Å². The second-order valence-electron chi connectivity index (χ2n) is 4.63. The molecule has 0 aliphatic rings. The first-order valence-electron chi connectivity index (χ1n) is 6.11. The minimum Gasteiger partial charge on any atom is -0.493 e. The van der Waals surface area contributed by atoms with Crippen LogP contribution in [0, 0.1) is 0 Å². The van der Waals surface area contributed by atoms with Gasteiger partial charge in [-0.25, -0.2) is 4.58 Å². The molecule has 19 heavy (non-hydrogen) atoms. The maximum absolute atomic E-state index is 5.34. The molecule has 1 aromatic carbocycles. The largest absolute Gasteiger partial charge is 0.493 e. The van der Waals surface area contributed by atoms with Gasteiger partial charge >= 0.3 is 0 Å².